The molecule has 176 valence electrons. The van der Waals surface area contributed by atoms with Gasteiger partial charge in [-0.2, -0.15) is 0 Å². The fraction of sp³-hybridized carbons (Fsp3) is 0.346. The number of methoxy groups -OCH3 is 1. The highest BCUT2D eigenvalue weighted by atomic mass is 16.5. The number of hydrogen-bond acceptors (Lipinski definition) is 6. The second-order valence-corrected chi connectivity index (χ2v) is 8.87. The van der Waals surface area contributed by atoms with Crippen molar-refractivity contribution in [1.82, 2.24) is 9.72 Å². The van der Waals surface area contributed by atoms with Gasteiger partial charge in [-0.1, -0.05) is 11.2 Å². The van der Waals surface area contributed by atoms with Gasteiger partial charge < -0.3 is 24.3 Å². The number of esters is 1. The molecule has 0 bridgehead atoms. The van der Waals surface area contributed by atoms with Crippen LogP contribution in [0.15, 0.2) is 34.9 Å². The van der Waals surface area contributed by atoms with Crippen molar-refractivity contribution < 1.29 is 23.6 Å². The Morgan fingerprint density at radius 3 is 2.56 bits per heavy atom. The number of benzene rings is 2. The van der Waals surface area contributed by atoms with Crippen LogP contribution in [0.25, 0.3) is 32.9 Å². The molecule has 0 unspecified atom stereocenters. The van der Waals surface area contributed by atoms with Gasteiger partial charge in [0.25, 0.3) is 0 Å². The molecule has 0 radical (unpaired) electrons. The number of aromatic nitrogens is 2. The number of fused-ring (bicyclic) bond motifs is 3. The van der Waals surface area contributed by atoms with E-state index >= 15 is 0 Å². The molecule has 2 N–H and O–H groups in total. The zero-order chi connectivity index (χ0) is 24.0. The summed E-state index contributed by atoms with van der Waals surface area (Å²) < 4.78 is 18.1. The average molecular weight is 462 g/mol. The van der Waals surface area contributed by atoms with Crippen LogP contribution < -0.4 is 5.73 Å². The number of nitrogens with zero attached hydrogens (tertiary/aromatic N) is 2. The van der Waals surface area contributed by atoms with E-state index in [0.717, 1.165) is 71.2 Å². The Balaban J connectivity index is 1.84. The molecule has 1 aliphatic heterocycles. The quantitative estimate of drug-likeness (QED) is 0.442. The summed E-state index contributed by atoms with van der Waals surface area (Å²) >= 11 is 0. The number of nitrogens with two attached hydrogens (primary N) is 1. The predicted molar refractivity (Wildman–Crippen MR) is 128 cm³/mol. The minimum atomic E-state index is -0.513. The number of carbonyl (C=O) groups excluding carboxylic acids is 2. The minimum absolute atomic E-state index is 0.406. The molecular formula is C26H27N3O5. The van der Waals surface area contributed by atoms with Gasteiger partial charge in [-0.3, -0.25) is 4.79 Å². The van der Waals surface area contributed by atoms with Crippen molar-refractivity contribution in [2.24, 2.45) is 11.7 Å². The van der Waals surface area contributed by atoms with Gasteiger partial charge in [0.1, 0.15) is 5.76 Å². The fourth-order valence-corrected chi connectivity index (χ4v) is 5.08. The van der Waals surface area contributed by atoms with E-state index < -0.39 is 11.9 Å². The maximum Gasteiger partial charge on any atom is 0.337 e. The molecule has 1 saturated heterocycles. The topological polar surface area (TPSA) is 110 Å². The van der Waals surface area contributed by atoms with Crippen LogP contribution in [-0.2, 0) is 16.0 Å². The van der Waals surface area contributed by atoms with Crippen LogP contribution in [0.2, 0.25) is 0 Å². The molecule has 1 aliphatic rings. The van der Waals surface area contributed by atoms with Gasteiger partial charge in [-0.05, 0) is 62.4 Å². The molecule has 2 aromatic heterocycles. The standard InChI is InChI=1S/C26H27N3O5/c1-14-23(15(2)34-28-14)18-10-20(25(27)30)24-19-5-4-17(26(31)32-3)11-21(19)29(22(24)12-18)13-16-6-8-33-9-7-16/h4-5,10-12,16H,6-9,13H2,1-3H3,(H2,27,30). The Hall–Kier alpha value is -3.65. The number of amides is 1. The van der Waals surface area contributed by atoms with Crippen molar-refractivity contribution in [1.29, 1.82) is 0 Å². The van der Waals surface area contributed by atoms with E-state index in [0.29, 0.717) is 22.8 Å². The van der Waals surface area contributed by atoms with E-state index in [-0.39, 0.29) is 0 Å². The zero-order valence-electron chi connectivity index (χ0n) is 19.5. The predicted octanol–water partition coefficient (Wildman–Crippen LogP) is 4.38. The lowest BCUT2D eigenvalue weighted by molar-refractivity contribution is 0.0600. The molecule has 4 aromatic rings. The van der Waals surface area contributed by atoms with Crippen molar-refractivity contribution in [3.05, 3.63) is 52.9 Å². The van der Waals surface area contributed by atoms with Gasteiger partial charge in [-0.15, -0.1) is 0 Å². The molecule has 2 aromatic carbocycles. The first-order chi connectivity index (χ1) is 16.4. The van der Waals surface area contributed by atoms with Gasteiger partial charge >= 0.3 is 5.97 Å². The molecule has 3 heterocycles. The Morgan fingerprint density at radius 2 is 1.91 bits per heavy atom. The lowest BCUT2D eigenvalue weighted by atomic mass is 9.97. The SMILES string of the molecule is COC(=O)c1ccc2c3c(C(N)=O)cc(-c4c(C)noc4C)cc3n(CC3CCOCC3)c2c1. The highest BCUT2D eigenvalue weighted by molar-refractivity contribution is 6.19. The highest BCUT2D eigenvalue weighted by Crippen LogP contribution is 2.38. The number of hydrogen-bond donors (Lipinski definition) is 1. The average Bonchev–Trinajstić information content (AvgIpc) is 3.34. The van der Waals surface area contributed by atoms with Gasteiger partial charge in [-0.25, -0.2) is 4.79 Å². The van der Waals surface area contributed by atoms with Gasteiger partial charge in [0.15, 0.2) is 0 Å². The number of carbonyl (C=O) groups is 2. The molecule has 0 saturated carbocycles. The Bertz CT molecular complexity index is 1410. The summed E-state index contributed by atoms with van der Waals surface area (Å²) in [6.07, 6.45) is 1.90. The first-order valence-electron chi connectivity index (χ1n) is 11.4. The van der Waals surface area contributed by atoms with Crippen molar-refractivity contribution in [3.8, 4) is 11.1 Å². The van der Waals surface area contributed by atoms with Crippen molar-refractivity contribution in [2.45, 2.75) is 33.2 Å². The molecule has 0 atom stereocenters. The Labute approximate surface area is 196 Å². The molecular weight excluding hydrogens is 434 g/mol. The number of rotatable bonds is 5. The third-order valence-electron chi connectivity index (χ3n) is 6.76. The molecule has 34 heavy (non-hydrogen) atoms. The molecule has 8 heteroatoms. The smallest absolute Gasteiger partial charge is 0.337 e. The fourth-order valence-electron chi connectivity index (χ4n) is 5.08. The zero-order valence-corrected chi connectivity index (χ0v) is 19.5. The maximum absolute atomic E-state index is 12.7. The van der Waals surface area contributed by atoms with E-state index in [2.05, 4.69) is 15.8 Å². The van der Waals surface area contributed by atoms with Crippen LogP contribution in [0.4, 0.5) is 0 Å². The van der Waals surface area contributed by atoms with Crippen LogP contribution in [0, 0.1) is 19.8 Å². The summed E-state index contributed by atoms with van der Waals surface area (Å²) in [5.74, 6) is 0.165. The summed E-state index contributed by atoms with van der Waals surface area (Å²) in [6.45, 7) is 5.92. The number of ether oxygens (including phenoxy) is 2. The summed E-state index contributed by atoms with van der Waals surface area (Å²) in [5.41, 5.74) is 10.9. The third kappa shape index (κ3) is 3.64. The minimum Gasteiger partial charge on any atom is -0.465 e. The lowest BCUT2D eigenvalue weighted by Gasteiger charge is -2.23. The molecule has 1 amide bonds. The van der Waals surface area contributed by atoms with Crippen molar-refractivity contribution >= 4 is 33.7 Å². The first kappa shape index (κ1) is 22.2. The van der Waals surface area contributed by atoms with E-state index in [1.54, 1.807) is 6.07 Å². The van der Waals surface area contributed by atoms with Crippen LogP contribution in [0.3, 0.4) is 0 Å². The lowest BCUT2D eigenvalue weighted by Crippen LogP contribution is -2.20. The molecule has 1 fully saturated rings. The molecule has 0 aliphatic carbocycles. The molecule has 0 spiro atoms. The number of aryl methyl sites for hydroxylation is 2. The van der Waals surface area contributed by atoms with Crippen molar-refractivity contribution in [3.63, 3.8) is 0 Å². The second-order valence-electron chi connectivity index (χ2n) is 8.87. The molecule has 8 nitrogen and oxygen atoms in total. The largest absolute Gasteiger partial charge is 0.465 e. The van der Waals surface area contributed by atoms with Crippen LogP contribution in [0.1, 0.15) is 45.0 Å². The second kappa shape index (κ2) is 8.61. The third-order valence-corrected chi connectivity index (χ3v) is 6.76. The van der Waals surface area contributed by atoms with Gasteiger partial charge in [0.2, 0.25) is 5.91 Å². The Kier molecular flexibility index (Phi) is 5.61. The monoisotopic (exact) mass is 461 g/mol. The summed E-state index contributed by atoms with van der Waals surface area (Å²) in [4.78, 5) is 24.9. The van der Waals surface area contributed by atoms with Crippen LogP contribution in [0.5, 0.6) is 0 Å². The normalized spacial score (nSPS) is 14.7. The maximum atomic E-state index is 12.7. The highest BCUT2D eigenvalue weighted by Gasteiger charge is 2.24. The van der Waals surface area contributed by atoms with E-state index in [1.165, 1.54) is 7.11 Å². The van der Waals surface area contributed by atoms with E-state index in [1.807, 2.05) is 32.0 Å². The first-order valence-corrected chi connectivity index (χ1v) is 11.4. The number of primary amides is 1. The molecule has 5 rings (SSSR count). The Morgan fingerprint density at radius 1 is 1.15 bits per heavy atom. The van der Waals surface area contributed by atoms with Gasteiger partial charge in [0.05, 0.1) is 23.9 Å². The van der Waals surface area contributed by atoms with Gasteiger partial charge in [0, 0.05) is 47.2 Å². The van der Waals surface area contributed by atoms with Crippen LogP contribution in [-0.4, -0.2) is 41.9 Å². The van der Waals surface area contributed by atoms with Crippen molar-refractivity contribution in [2.75, 3.05) is 20.3 Å². The van der Waals surface area contributed by atoms with E-state index in [4.69, 9.17) is 19.7 Å². The summed E-state index contributed by atoms with van der Waals surface area (Å²) in [6, 6.07) is 9.29. The summed E-state index contributed by atoms with van der Waals surface area (Å²) in [5, 5.41) is 5.73. The van der Waals surface area contributed by atoms with E-state index in [9.17, 15) is 9.59 Å². The summed E-state index contributed by atoms with van der Waals surface area (Å²) in [7, 11) is 1.37. The van der Waals surface area contributed by atoms with Crippen LogP contribution >= 0.6 is 0 Å².